The van der Waals surface area contributed by atoms with E-state index in [1.54, 1.807) is 0 Å². The topological polar surface area (TPSA) is 45.7 Å². The number of nitrogens with one attached hydrogen (secondary N) is 2. The molecule has 2 rings (SSSR count). The molecular weight excluding hydrogens is 437 g/mol. The van der Waals surface area contributed by atoms with Gasteiger partial charge in [-0.15, -0.1) is 24.0 Å². The predicted molar refractivity (Wildman–Crippen MR) is 120 cm³/mol. The summed E-state index contributed by atoms with van der Waals surface area (Å²) in [5.41, 5.74) is 4.90. The zero-order valence-electron chi connectivity index (χ0n) is 15.9. The van der Waals surface area contributed by atoms with Gasteiger partial charge in [-0.05, 0) is 37.5 Å². The summed E-state index contributed by atoms with van der Waals surface area (Å²) in [5, 5.41) is 6.68. The van der Waals surface area contributed by atoms with Crippen LogP contribution < -0.4 is 10.6 Å². The van der Waals surface area contributed by atoms with E-state index in [2.05, 4.69) is 78.0 Å². The largest absolute Gasteiger partial charge is 0.377 e. The Kier molecular flexibility index (Phi) is 11.0. The summed E-state index contributed by atoms with van der Waals surface area (Å²) in [6, 6.07) is 17.0. The molecule has 0 fully saturated rings. The van der Waals surface area contributed by atoms with E-state index < -0.39 is 0 Å². The molecule has 2 aromatic carbocycles. The summed E-state index contributed by atoms with van der Waals surface area (Å²) < 4.78 is 5.42. The predicted octanol–water partition coefficient (Wildman–Crippen LogP) is 4.40. The fraction of sp³-hybridized carbons (Fsp3) is 0.381. The number of hydrogen-bond donors (Lipinski definition) is 2. The maximum Gasteiger partial charge on any atom is 0.191 e. The number of ether oxygens (including phenoxy) is 1. The molecule has 0 aromatic heterocycles. The van der Waals surface area contributed by atoms with Crippen molar-refractivity contribution in [3.63, 3.8) is 0 Å². The molecule has 4 nitrogen and oxygen atoms in total. The second kappa shape index (κ2) is 12.7. The number of benzene rings is 2. The molecule has 0 aliphatic carbocycles. The van der Waals surface area contributed by atoms with Crippen molar-refractivity contribution in [2.75, 3.05) is 13.2 Å². The van der Waals surface area contributed by atoms with Crippen molar-refractivity contribution in [2.24, 2.45) is 4.99 Å². The van der Waals surface area contributed by atoms with E-state index in [1.165, 1.54) is 22.3 Å². The van der Waals surface area contributed by atoms with E-state index in [4.69, 9.17) is 4.74 Å². The Labute approximate surface area is 174 Å². The summed E-state index contributed by atoms with van der Waals surface area (Å²) in [6.07, 6.45) is 0. The molecule has 0 unspecified atom stereocenters. The average molecular weight is 467 g/mol. The van der Waals surface area contributed by atoms with E-state index in [0.29, 0.717) is 13.2 Å². The fourth-order valence-corrected chi connectivity index (χ4v) is 2.36. The Balaban J connectivity index is 0.00000338. The van der Waals surface area contributed by atoms with Crippen LogP contribution in [0.2, 0.25) is 0 Å². The van der Waals surface area contributed by atoms with E-state index in [9.17, 15) is 0 Å². The molecule has 2 N–H and O–H groups in total. The maximum absolute atomic E-state index is 5.42. The number of nitrogens with zero attached hydrogens (tertiary/aromatic N) is 1. The molecule has 0 heterocycles. The first-order valence-electron chi connectivity index (χ1n) is 8.94. The number of hydrogen-bond acceptors (Lipinski definition) is 2. The van der Waals surface area contributed by atoms with Crippen molar-refractivity contribution in [3.05, 3.63) is 70.8 Å². The van der Waals surface area contributed by atoms with Crippen LogP contribution in [0.15, 0.2) is 53.5 Å². The molecule has 2 aromatic rings. The van der Waals surface area contributed by atoms with Gasteiger partial charge in [0.05, 0.1) is 13.2 Å². The highest BCUT2D eigenvalue weighted by molar-refractivity contribution is 14.0. The molecule has 0 aliphatic heterocycles. The molecule has 0 atom stereocenters. The minimum absolute atomic E-state index is 0. The summed E-state index contributed by atoms with van der Waals surface area (Å²) in [5.74, 6) is 0.835. The Morgan fingerprint density at radius 1 is 0.885 bits per heavy atom. The fourth-order valence-electron chi connectivity index (χ4n) is 2.36. The summed E-state index contributed by atoms with van der Waals surface area (Å²) in [4.78, 5) is 4.67. The normalized spacial score (nSPS) is 11.0. The van der Waals surface area contributed by atoms with Gasteiger partial charge in [-0.1, -0.05) is 54.1 Å². The first kappa shape index (κ1) is 22.4. The Hall–Kier alpha value is -1.60. The Morgan fingerprint density at radius 2 is 1.50 bits per heavy atom. The van der Waals surface area contributed by atoms with Crippen molar-refractivity contribution in [1.82, 2.24) is 10.6 Å². The smallest absolute Gasteiger partial charge is 0.191 e. The van der Waals surface area contributed by atoms with Crippen LogP contribution in [0, 0.1) is 6.92 Å². The highest BCUT2D eigenvalue weighted by atomic mass is 127. The summed E-state index contributed by atoms with van der Waals surface area (Å²) in [6.45, 7) is 9.85. The summed E-state index contributed by atoms with van der Waals surface area (Å²) in [7, 11) is 0. The highest BCUT2D eigenvalue weighted by Gasteiger charge is 1.99. The number of guanidine groups is 1. The SMILES string of the molecule is CCNC(=NCc1ccc(COCC)cc1)NCc1ccc(C)cc1.I. The third kappa shape index (κ3) is 8.19. The zero-order valence-corrected chi connectivity index (χ0v) is 18.2. The molecule has 0 aliphatic rings. The van der Waals surface area contributed by atoms with Gasteiger partial charge in [0.25, 0.3) is 0 Å². The molecule has 0 saturated carbocycles. The Bertz CT molecular complexity index is 654. The molecule has 0 bridgehead atoms. The van der Waals surface area contributed by atoms with Gasteiger partial charge in [0.1, 0.15) is 0 Å². The number of rotatable bonds is 8. The number of aryl methyl sites for hydroxylation is 1. The molecule has 5 heteroatoms. The van der Waals surface area contributed by atoms with Crippen LogP contribution in [0.25, 0.3) is 0 Å². The first-order chi connectivity index (χ1) is 12.2. The van der Waals surface area contributed by atoms with Crippen LogP contribution in [-0.4, -0.2) is 19.1 Å². The van der Waals surface area contributed by atoms with Crippen LogP contribution in [0.5, 0.6) is 0 Å². The quantitative estimate of drug-likeness (QED) is 0.344. The molecule has 0 saturated heterocycles. The van der Waals surface area contributed by atoms with Crippen molar-refractivity contribution in [3.8, 4) is 0 Å². The van der Waals surface area contributed by atoms with Crippen LogP contribution in [-0.2, 0) is 24.4 Å². The van der Waals surface area contributed by atoms with Crippen LogP contribution >= 0.6 is 24.0 Å². The third-order valence-electron chi connectivity index (χ3n) is 3.84. The van der Waals surface area contributed by atoms with Gasteiger partial charge in [0.2, 0.25) is 0 Å². The summed E-state index contributed by atoms with van der Waals surface area (Å²) >= 11 is 0. The van der Waals surface area contributed by atoms with Gasteiger partial charge in [0.15, 0.2) is 5.96 Å². The van der Waals surface area contributed by atoms with E-state index in [1.807, 2.05) is 6.92 Å². The van der Waals surface area contributed by atoms with E-state index in [-0.39, 0.29) is 24.0 Å². The minimum atomic E-state index is 0. The Morgan fingerprint density at radius 3 is 2.12 bits per heavy atom. The monoisotopic (exact) mass is 467 g/mol. The lowest BCUT2D eigenvalue weighted by atomic mass is 10.1. The van der Waals surface area contributed by atoms with Gasteiger partial charge in [-0.25, -0.2) is 4.99 Å². The van der Waals surface area contributed by atoms with Crippen molar-refractivity contribution in [1.29, 1.82) is 0 Å². The lowest BCUT2D eigenvalue weighted by Gasteiger charge is -2.11. The molecule has 142 valence electrons. The van der Waals surface area contributed by atoms with Crippen molar-refractivity contribution < 1.29 is 4.74 Å². The average Bonchev–Trinajstić information content (AvgIpc) is 2.64. The second-order valence-corrected chi connectivity index (χ2v) is 5.99. The minimum Gasteiger partial charge on any atom is -0.377 e. The number of aliphatic imine (C=N–C) groups is 1. The van der Waals surface area contributed by atoms with Gasteiger partial charge < -0.3 is 15.4 Å². The standard InChI is InChI=1S/C21H29N3O.HI/c1-4-22-21(23-14-18-8-6-17(3)7-9-18)24-15-19-10-12-20(13-11-19)16-25-5-2;/h6-13H,4-5,14-16H2,1-3H3,(H2,22,23,24);1H. The number of halogens is 1. The second-order valence-electron chi connectivity index (χ2n) is 5.99. The molecule has 0 radical (unpaired) electrons. The third-order valence-corrected chi connectivity index (χ3v) is 3.84. The van der Waals surface area contributed by atoms with Gasteiger partial charge in [-0.2, -0.15) is 0 Å². The lowest BCUT2D eigenvalue weighted by Crippen LogP contribution is -2.36. The molecular formula is C21H30IN3O. The highest BCUT2D eigenvalue weighted by Crippen LogP contribution is 2.07. The molecule has 0 spiro atoms. The van der Waals surface area contributed by atoms with Crippen LogP contribution in [0.4, 0.5) is 0 Å². The lowest BCUT2D eigenvalue weighted by molar-refractivity contribution is 0.134. The molecule has 0 amide bonds. The van der Waals surface area contributed by atoms with Crippen molar-refractivity contribution in [2.45, 2.75) is 40.5 Å². The van der Waals surface area contributed by atoms with Crippen LogP contribution in [0.1, 0.15) is 36.1 Å². The first-order valence-corrected chi connectivity index (χ1v) is 8.94. The zero-order chi connectivity index (χ0) is 17.9. The van der Waals surface area contributed by atoms with E-state index >= 15 is 0 Å². The van der Waals surface area contributed by atoms with E-state index in [0.717, 1.165) is 25.7 Å². The van der Waals surface area contributed by atoms with Gasteiger partial charge in [-0.3, -0.25) is 0 Å². The maximum atomic E-state index is 5.42. The van der Waals surface area contributed by atoms with Crippen molar-refractivity contribution >= 4 is 29.9 Å². The van der Waals surface area contributed by atoms with Gasteiger partial charge >= 0.3 is 0 Å². The van der Waals surface area contributed by atoms with Gasteiger partial charge in [0, 0.05) is 19.7 Å². The van der Waals surface area contributed by atoms with Crippen LogP contribution in [0.3, 0.4) is 0 Å². The molecule has 26 heavy (non-hydrogen) atoms.